The second-order valence-corrected chi connectivity index (χ2v) is 7.76. The Morgan fingerprint density at radius 3 is 2.72 bits per heavy atom. The molecule has 6 heteroatoms. The zero-order chi connectivity index (χ0) is 19.3. The Labute approximate surface area is 178 Å². The molecule has 2 aromatic carbocycles. The van der Waals surface area contributed by atoms with Crippen molar-refractivity contribution in [3.63, 3.8) is 0 Å². The molecule has 0 saturated carbocycles. The van der Waals surface area contributed by atoms with Gasteiger partial charge in [0, 0.05) is 37.9 Å². The van der Waals surface area contributed by atoms with E-state index in [9.17, 15) is 9.18 Å². The number of nitrogens with one attached hydrogen (secondary N) is 1. The monoisotopic (exact) mass is 417 g/mol. The van der Waals surface area contributed by atoms with Crippen LogP contribution >= 0.6 is 12.4 Å². The largest absolute Gasteiger partial charge is 0.366 e. The van der Waals surface area contributed by atoms with E-state index in [1.807, 2.05) is 0 Å². The molecule has 0 spiro atoms. The highest BCUT2D eigenvalue weighted by Crippen LogP contribution is 2.32. The number of aryl methyl sites for hydroxylation is 1. The number of rotatable bonds is 6. The second kappa shape index (κ2) is 10.1. The van der Waals surface area contributed by atoms with Gasteiger partial charge in [-0.15, -0.1) is 12.4 Å². The molecule has 1 unspecified atom stereocenters. The summed E-state index contributed by atoms with van der Waals surface area (Å²) < 4.78 is 13.6. The maximum absolute atomic E-state index is 13.6. The third-order valence-corrected chi connectivity index (χ3v) is 5.92. The van der Waals surface area contributed by atoms with Crippen molar-refractivity contribution >= 4 is 24.0 Å². The molecule has 2 aliphatic rings. The van der Waals surface area contributed by atoms with Crippen LogP contribution in [0.15, 0.2) is 48.5 Å². The van der Waals surface area contributed by atoms with Crippen molar-refractivity contribution in [3.05, 3.63) is 65.5 Å². The summed E-state index contributed by atoms with van der Waals surface area (Å²) in [5.74, 6) is -0.792. The van der Waals surface area contributed by atoms with E-state index in [0.717, 1.165) is 39.0 Å². The number of para-hydroxylation sites is 1. The van der Waals surface area contributed by atoms with E-state index in [-0.39, 0.29) is 23.9 Å². The van der Waals surface area contributed by atoms with Crippen LogP contribution < -0.4 is 10.2 Å². The fourth-order valence-electron chi connectivity index (χ4n) is 4.41. The van der Waals surface area contributed by atoms with Gasteiger partial charge in [0.25, 0.3) is 5.91 Å². The molecule has 1 fully saturated rings. The van der Waals surface area contributed by atoms with E-state index in [1.54, 1.807) is 12.1 Å². The molecule has 1 atom stereocenters. The van der Waals surface area contributed by atoms with Crippen LogP contribution in [0, 0.1) is 5.82 Å². The molecule has 1 amide bonds. The van der Waals surface area contributed by atoms with Gasteiger partial charge in [0.05, 0.1) is 5.56 Å². The maximum Gasteiger partial charge on any atom is 0.254 e. The Kier molecular flexibility index (Phi) is 7.51. The average Bonchev–Trinajstić information content (AvgIpc) is 2.73. The standard InChI is InChI=1S/C23H28FN3O.ClH/c24-21-9-3-2-8-20(21)23(28)25-13-5-6-14-26-15-16-27-19(17-26)12-11-18-7-1-4-10-22(18)27;/h1-4,7-10,19H,5-6,11-17H2,(H,25,28);1H. The van der Waals surface area contributed by atoms with Crippen LogP contribution in [0.4, 0.5) is 10.1 Å². The summed E-state index contributed by atoms with van der Waals surface area (Å²) in [5, 5.41) is 2.83. The third-order valence-electron chi connectivity index (χ3n) is 5.92. The minimum absolute atomic E-state index is 0. The van der Waals surface area contributed by atoms with Crippen LogP contribution in [0.3, 0.4) is 0 Å². The summed E-state index contributed by atoms with van der Waals surface area (Å²) in [6.07, 6.45) is 4.36. The number of hydrogen-bond donors (Lipinski definition) is 1. The number of hydrogen-bond acceptors (Lipinski definition) is 3. The SMILES string of the molecule is Cl.O=C(NCCCCN1CCN2c3ccccc3CCC2C1)c1ccccc1F. The Morgan fingerprint density at radius 1 is 1.07 bits per heavy atom. The van der Waals surface area contributed by atoms with E-state index in [1.165, 1.54) is 36.2 Å². The van der Waals surface area contributed by atoms with Crippen LogP contribution in [-0.4, -0.2) is 49.6 Å². The van der Waals surface area contributed by atoms with Crippen LogP contribution in [-0.2, 0) is 6.42 Å². The van der Waals surface area contributed by atoms with Gasteiger partial charge in [-0.25, -0.2) is 4.39 Å². The number of amides is 1. The summed E-state index contributed by atoms with van der Waals surface area (Å²) in [6.45, 7) is 4.94. The molecule has 0 radical (unpaired) electrons. The lowest BCUT2D eigenvalue weighted by molar-refractivity contribution is 0.0948. The van der Waals surface area contributed by atoms with E-state index >= 15 is 0 Å². The summed E-state index contributed by atoms with van der Waals surface area (Å²) in [7, 11) is 0. The van der Waals surface area contributed by atoms with Gasteiger partial charge >= 0.3 is 0 Å². The lowest BCUT2D eigenvalue weighted by Crippen LogP contribution is -2.55. The molecule has 4 nitrogen and oxygen atoms in total. The first-order chi connectivity index (χ1) is 13.7. The van der Waals surface area contributed by atoms with Gasteiger partial charge in [0.1, 0.15) is 5.82 Å². The van der Waals surface area contributed by atoms with E-state index in [2.05, 4.69) is 39.4 Å². The van der Waals surface area contributed by atoms with E-state index < -0.39 is 5.82 Å². The van der Waals surface area contributed by atoms with Gasteiger partial charge < -0.3 is 10.2 Å². The van der Waals surface area contributed by atoms with Gasteiger partial charge in [-0.1, -0.05) is 30.3 Å². The molecule has 4 rings (SSSR count). The first kappa shape index (κ1) is 21.6. The molecule has 156 valence electrons. The van der Waals surface area contributed by atoms with Gasteiger partial charge in [-0.2, -0.15) is 0 Å². The van der Waals surface area contributed by atoms with Crippen LogP contribution in [0.2, 0.25) is 0 Å². The zero-order valence-electron chi connectivity index (χ0n) is 16.6. The Hall–Kier alpha value is -2.11. The molecular formula is C23H29ClFN3O. The van der Waals surface area contributed by atoms with Crippen molar-refractivity contribution in [2.75, 3.05) is 37.6 Å². The molecule has 0 aliphatic carbocycles. The van der Waals surface area contributed by atoms with Crippen molar-refractivity contribution in [2.45, 2.75) is 31.7 Å². The fraction of sp³-hybridized carbons (Fsp3) is 0.435. The highest BCUT2D eigenvalue weighted by Gasteiger charge is 2.30. The van der Waals surface area contributed by atoms with Gasteiger partial charge in [-0.3, -0.25) is 9.69 Å². The Bertz CT molecular complexity index is 831. The Morgan fingerprint density at radius 2 is 1.86 bits per heavy atom. The van der Waals surface area contributed by atoms with Crippen molar-refractivity contribution in [1.82, 2.24) is 10.2 Å². The van der Waals surface area contributed by atoms with Gasteiger partial charge in [0.2, 0.25) is 0 Å². The Balaban J connectivity index is 0.00000240. The van der Waals surface area contributed by atoms with Crippen molar-refractivity contribution in [1.29, 1.82) is 0 Å². The molecular weight excluding hydrogens is 389 g/mol. The van der Waals surface area contributed by atoms with Crippen LogP contribution in [0.1, 0.15) is 35.2 Å². The number of halogens is 2. The number of piperazine rings is 1. The first-order valence-electron chi connectivity index (χ1n) is 10.3. The normalized spacial score (nSPS) is 18.4. The molecule has 2 aromatic rings. The molecule has 29 heavy (non-hydrogen) atoms. The number of benzene rings is 2. The number of nitrogens with zero attached hydrogens (tertiary/aromatic N) is 2. The van der Waals surface area contributed by atoms with Gasteiger partial charge in [0.15, 0.2) is 0 Å². The predicted molar refractivity (Wildman–Crippen MR) is 118 cm³/mol. The van der Waals surface area contributed by atoms with Gasteiger partial charge in [-0.05, 0) is 56.0 Å². The lowest BCUT2D eigenvalue weighted by atomic mass is 9.94. The topological polar surface area (TPSA) is 35.6 Å². The van der Waals surface area contributed by atoms with Crippen molar-refractivity contribution in [2.24, 2.45) is 0 Å². The highest BCUT2D eigenvalue weighted by atomic mass is 35.5. The average molecular weight is 418 g/mol. The maximum atomic E-state index is 13.6. The fourth-order valence-corrected chi connectivity index (χ4v) is 4.41. The zero-order valence-corrected chi connectivity index (χ0v) is 17.5. The summed E-state index contributed by atoms with van der Waals surface area (Å²) in [4.78, 5) is 17.2. The van der Waals surface area contributed by atoms with Crippen molar-refractivity contribution < 1.29 is 9.18 Å². The minimum atomic E-state index is -0.466. The van der Waals surface area contributed by atoms with Crippen molar-refractivity contribution in [3.8, 4) is 0 Å². The number of carbonyl (C=O) groups is 1. The second-order valence-electron chi connectivity index (χ2n) is 7.76. The number of fused-ring (bicyclic) bond motifs is 3. The smallest absolute Gasteiger partial charge is 0.254 e. The minimum Gasteiger partial charge on any atom is -0.366 e. The number of anilines is 1. The summed E-state index contributed by atoms with van der Waals surface area (Å²) in [6, 6.07) is 15.5. The lowest BCUT2D eigenvalue weighted by Gasteiger charge is -2.46. The highest BCUT2D eigenvalue weighted by molar-refractivity contribution is 5.94. The van der Waals surface area contributed by atoms with Crippen LogP contribution in [0.25, 0.3) is 0 Å². The summed E-state index contributed by atoms with van der Waals surface area (Å²) in [5.41, 5.74) is 3.03. The number of unbranched alkanes of at least 4 members (excludes halogenated alkanes) is 1. The number of carbonyl (C=O) groups excluding carboxylic acids is 1. The first-order valence-corrected chi connectivity index (χ1v) is 10.3. The third kappa shape index (κ3) is 5.09. The molecule has 0 aromatic heterocycles. The molecule has 2 heterocycles. The van der Waals surface area contributed by atoms with E-state index in [0.29, 0.717) is 12.6 Å². The summed E-state index contributed by atoms with van der Waals surface area (Å²) >= 11 is 0. The van der Waals surface area contributed by atoms with Crippen LogP contribution in [0.5, 0.6) is 0 Å². The predicted octanol–water partition coefficient (Wildman–Crippen LogP) is 3.89. The quantitative estimate of drug-likeness (QED) is 0.724. The molecule has 2 aliphatic heterocycles. The molecule has 1 saturated heterocycles. The molecule has 0 bridgehead atoms. The van der Waals surface area contributed by atoms with E-state index in [4.69, 9.17) is 0 Å². The molecule has 1 N–H and O–H groups in total.